The van der Waals surface area contributed by atoms with Gasteiger partial charge in [0.2, 0.25) is 5.91 Å². The Labute approximate surface area is 156 Å². The molecule has 0 aliphatic rings. The van der Waals surface area contributed by atoms with E-state index in [9.17, 15) is 18.0 Å². The lowest BCUT2D eigenvalue weighted by Crippen LogP contribution is -2.16. The summed E-state index contributed by atoms with van der Waals surface area (Å²) in [5.74, 6) is -0.534. The van der Waals surface area contributed by atoms with Crippen molar-refractivity contribution in [2.75, 3.05) is 10.6 Å². The van der Waals surface area contributed by atoms with Crippen LogP contribution >= 0.6 is 11.3 Å². The molecule has 1 amide bonds. The Bertz CT molecular complexity index is 899. The number of benzene rings is 1. The molecule has 0 spiro atoms. The van der Waals surface area contributed by atoms with Crippen molar-refractivity contribution in [3.63, 3.8) is 0 Å². The highest BCUT2D eigenvalue weighted by Crippen LogP contribution is 2.26. The van der Waals surface area contributed by atoms with E-state index in [-0.39, 0.29) is 18.1 Å². The fourth-order valence-electron chi connectivity index (χ4n) is 2.12. The van der Waals surface area contributed by atoms with Gasteiger partial charge < -0.3 is 15.4 Å². The number of carbonyl (C=O) groups is 1. The van der Waals surface area contributed by atoms with Gasteiger partial charge in [-0.1, -0.05) is 0 Å². The number of aromatic nitrogens is 2. The van der Waals surface area contributed by atoms with Gasteiger partial charge in [-0.15, -0.1) is 24.5 Å². The number of rotatable bonds is 6. The van der Waals surface area contributed by atoms with E-state index in [0.29, 0.717) is 22.2 Å². The summed E-state index contributed by atoms with van der Waals surface area (Å²) < 4.78 is 40.3. The minimum absolute atomic E-state index is 0.0887. The first kappa shape index (κ1) is 18.6. The van der Waals surface area contributed by atoms with Gasteiger partial charge in [-0.2, -0.15) is 0 Å². The maximum Gasteiger partial charge on any atom is 0.573 e. The van der Waals surface area contributed by atoms with E-state index in [1.165, 1.54) is 41.8 Å². The van der Waals surface area contributed by atoms with Crippen LogP contribution < -0.4 is 15.4 Å². The molecule has 3 aromatic rings. The number of amides is 1. The quantitative estimate of drug-likeness (QED) is 0.650. The molecule has 10 heteroatoms. The van der Waals surface area contributed by atoms with Gasteiger partial charge in [0.25, 0.3) is 0 Å². The van der Waals surface area contributed by atoms with E-state index in [1.54, 1.807) is 23.7 Å². The summed E-state index contributed by atoms with van der Waals surface area (Å²) in [6.07, 6.45) is -1.49. The largest absolute Gasteiger partial charge is 0.573 e. The first-order valence-electron chi connectivity index (χ1n) is 7.64. The summed E-state index contributed by atoms with van der Waals surface area (Å²) in [4.78, 5) is 20.2. The average Bonchev–Trinajstić information content (AvgIpc) is 3.03. The Morgan fingerprint density at radius 3 is 2.59 bits per heavy atom. The minimum Gasteiger partial charge on any atom is -0.406 e. The molecule has 140 valence electrons. The van der Waals surface area contributed by atoms with Crippen LogP contribution in [0.4, 0.5) is 29.7 Å². The van der Waals surface area contributed by atoms with E-state index in [0.717, 1.165) is 0 Å². The highest BCUT2D eigenvalue weighted by molar-refractivity contribution is 7.13. The predicted molar refractivity (Wildman–Crippen MR) is 95.1 cm³/mol. The van der Waals surface area contributed by atoms with Crippen LogP contribution in [0.15, 0.2) is 54.2 Å². The molecule has 0 fully saturated rings. The minimum atomic E-state index is -4.73. The average molecular weight is 394 g/mol. The van der Waals surface area contributed by atoms with E-state index >= 15 is 0 Å². The molecule has 1 aromatic carbocycles. The molecule has 3 rings (SSSR count). The number of pyridine rings is 1. The van der Waals surface area contributed by atoms with Gasteiger partial charge in [-0.05, 0) is 36.4 Å². The van der Waals surface area contributed by atoms with Crippen LogP contribution in [0, 0.1) is 0 Å². The fraction of sp³-hybridized carbons (Fsp3) is 0.118. The van der Waals surface area contributed by atoms with Gasteiger partial charge in [0, 0.05) is 17.3 Å². The van der Waals surface area contributed by atoms with Gasteiger partial charge >= 0.3 is 6.36 Å². The molecule has 0 aliphatic heterocycles. The molecular formula is C17H13F3N4O2S. The number of ether oxygens (including phenoxy) is 1. The van der Waals surface area contributed by atoms with Crippen LogP contribution in [-0.4, -0.2) is 22.2 Å². The summed E-state index contributed by atoms with van der Waals surface area (Å²) >= 11 is 1.28. The van der Waals surface area contributed by atoms with E-state index in [2.05, 4.69) is 25.3 Å². The molecule has 0 radical (unpaired) electrons. The molecule has 2 heterocycles. The molecule has 6 nitrogen and oxygen atoms in total. The first-order valence-corrected chi connectivity index (χ1v) is 8.52. The molecule has 0 unspecified atom stereocenters. The second-order valence-electron chi connectivity index (χ2n) is 5.31. The lowest BCUT2D eigenvalue weighted by atomic mass is 10.3. The Morgan fingerprint density at radius 1 is 1.15 bits per heavy atom. The van der Waals surface area contributed by atoms with Crippen molar-refractivity contribution < 1.29 is 22.7 Å². The molecule has 0 aliphatic carbocycles. The van der Waals surface area contributed by atoms with Crippen molar-refractivity contribution in [3.8, 4) is 5.75 Å². The molecule has 27 heavy (non-hydrogen) atoms. The maximum atomic E-state index is 12.2. The van der Waals surface area contributed by atoms with Crippen molar-refractivity contribution in [1.29, 1.82) is 0 Å². The smallest absolute Gasteiger partial charge is 0.406 e. The summed E-state index contributed by atoms with van der Waals surface area (Å²) in [5.41, 5.74) is 1.71. The third-order valence-corrected chi connectivity index (χ3v) is 3.98. The topological polar surface area (TPSA) is 76.1 Å². The lowest BCUT2D eigenvalue weighted by molar-refractivity contribution is -0.274. The zero-order chi connectivity index (χ0) is 19.3. The second kappa shape index (κ2) is 8.04. The van der Waals surface area contributed by atoms with Gasteiger partial charge in [0.1, 0.15) is 5.75 Å². The number of alkyl halides is 3. The normalized spacial score (nSPS) is 11.1. The number of halogens is 3. The fourth-order valence-corrected chi connectivity index (χ4v) is 2.85. The monoisotopic (exact) mass is 394 g/mol. The summed E-state index contributed by atoms with van der Waals surface area (Å²) in [7, 11) is 0. The van der Waals surface area contributed by atoms with E-state index in [1.807, 2.05) is 0 Å². The number of thiazole rings is 1. The Hall–Kier alpha value is -3.14. The SMILES string of the molecule is O=C(Cc1csc(Nc2ccc(OC(F)(F)F)cc2)n1)Nc1cccnc1. The van der Waals surface area contributed by atoms with Crippen molar-refractivity contribution in [1.82, 2.24) is 9.97 Å². The highest BCUT2D eigenvalue weighted by Gasteiger charge is 2.30. The number of nitrogens with one attached hydrogen (secondary N) is 2. The van der Waals surface area contributed by atoms with Crippen molar-refractivity contribution in [3.05, 3.63) is 59.9 Å². The van der Waals surface area contributed by atoms with E-state index < -0.39 is 6.36 Å². The predicted octanol–water partition coefficient (Wildman–Crippen LogP) is 4.36. The molecule has 2 aromatic heterocycles. The van der Waals surface area contributed by atoms with Gasteiger partial charge in [0.15, 0.2) is 5.13 Å². The Balaban J connectivity index is 1.55. The zero-order valence-electron chi connectivity index (χ0n) is 13.7. The van der Waals surface area contributed by atoms with Crippen LogP contribution in [0.1, 0.15) is 5.69 Å². The molecule has 2 N–H and O–H groups in total. The van der Waals surface area contributed by atoms with Gasteiger partial charge in [-0.25, -0.2) is 4.98 Å². The number of hydrogen-bond acceptors (Lipinski definition) is 6. The maximum absolute atomic E-state index is 12.2. The third-order valence-electron chi connectivity index (χ3n) is 3.18. The number of hydrogen-bond donors (Lipinski definition) is 2. The Morgan fingerprint density at radius 2 is 1.93 bits per heavy atom. The van der Waals surface area contributed by atoms with Gasteiger partial charge in [0.05, 0.1) is 24.0 Å². The van der Waals surface area contributed by atoms with Crippen molar-refractivity contribution in [2.45, 2.75) is 12.8 Å². The number of anilines is 3. The van der Waals surface area contributed by atoms with E-state index in [4.69, 9.17) is 0 Å². The number of nitrogens with zero attached hydrogens (tertiary/aromatic N) is 2. The summed E-state index contributed by atoms with van der Waals surface area (Å²) in [6, 6.07) is 8.72. The standard InChI is InChI=1S/C17H13F3N4O2S/c18-17(19,20)26-14-5-3-11(4-6-14)23-16-24-13(10-27-16)8-15(25)22-12-2-1-7-21-9-12/h1-7,9-10H,8H2,(H,22,25)(H,23,24). The third kappa shape index (κ3) is 5.96. The molecular weight excluding hydrogens is 381 g/mol. The van der Waals surface area contributed by atoms with Crippen molar-refractivity contribution >= 4 is 33.8 Å². The van der Waals surface area contributed by atoms with Gasteiger partial charge in [-0.3, -0.25) is 9.78 Å². The molecule has 0 saturated carbocycles. The van der Waals surface area contributed by atoms with Crippen LogP contribution in [0.5, 0.6) is 5.75 Å². The van der Waals surface area contributed by atoms with Crippen LogP contribution in [0.3, 0.4) is 0 Å². The lowest BCUT2D eigenvalue weighted by Gasteiger charge is -2.09. The summed E-state index contributed by atoms with van der Waals surface area (Å²) in [5, 5.41) is 7.92. The second-order valence-corrected chi connectivity index (χ2v) is 6.17. The first-order chi connectivity index (χ1) is 12.9. The van der Waals surface area contributed by atoms with Crippen molar-refractivity contribution in [2.24, 2.45) is 0 Å². The zero-order valence-corrected chi connectivity index (χ0v) is 14.5. The van der Waals surface area contributed by atoms with Crippen LogP contribution in [0.2, 0.25) is 0 Å². The molecule has 0 bridgehead atoms. The molecule has 0 saturated heterocycles. The number of carbonyl (C=O) groups excluding carboxylic acids is 1. The highest BCUT2D eigenvalue weighted by atomic mass is 32.1. The summed E-state index contributed by atoms with van der Waals surface area (Å²) in [6.45, 7) is 0. The van der Waals surface area contributed by atoms with Crippen LogP contribution in [-0.2, 0) is 11.2 Å². The Kier molecular flexibility index (Phi) is 5.55. The molecule has 0 atom stereocenters. The van der Waals surface area contributed by atoms with Crippen LogP contribution in [0.25, 0.3) is 0 Å².